The number of amides is 1. The number of hydrogen-bond donors (Lipinski definition) is 0. The van der Waals surface area contributed by atoms with Crippen LogP contribution in [0.15, 0.2) is 0 Å². The van der Waals surface area contributed by atoms with E-state index in [0.717, 1.165) is 36.5 Å². The molecule has 1 saturated heterocycles. The molecule has 14 heavy (non-hydrogen) atoms. The Bertz CT molecular complexity index is 307. The Hall–Kier alpha value is -0.620. The van der Waals surface area contributed by atoms with Crippen molar-refractivity contribution in [3.8, 4) is 0 Å². The van der Waals surface area contributed by atoms with Crippen molar-refractivity contribution in [1.29, 1.82) is 0 Å². The van der Waals surface area contributed by atoms with E-state index in [2.05, 4.69) is 0 Å². The molecular formula is C8H16N2O3S. The van der Waals surface area contributed by atoms with Crippen LogP contribution < -0.4 is 0 Å². The normalized spacial score (nSPS) is 17.8. The van der Waals surface area contributed by atoms with Gasteiger partial charge >= 0.3 is 0 Å². The molecule has 82 valence electrons. The average molecular weight is 220 g/mol. The zero-order valence-electron chi connectivity index (χ0n) is 8.56. The molecule has 5 nitrogen and oxygen atoms in total. The second-order valence-corrected chi connectivity index (χ2v) is 5.70. The Morgan fingerprint density at radius 3 is 2.29 bits per heavy atom. The molecule has 1 fully saturated rings. The topological polar surface area (TPSA) is 57.7 Å². The number of likely N-dealkylation sites (N-methyl/N-ethyl adjacent to an activating group) is 1. The molecule has 0 bridgehead atoms. The van der Waals surface area contributed by atoms with Crippen molar-refractivity contribution in [2.45, 2.75) is 12.8 Å². The van der Waals surface area contributed by atoms with Crippen molar-refractivity contribution < 1.29 is 13.2 Å². The number of carbonyl (C=O) groups is 1. The lowest BCUT2D eigenvalue weighted by atomic mass is 10.4. The van der Waals surface area contributed by atoms with Crippen LogP contribution in [0.25, 0.3) is 0 Å². The fourth-order valence-corrected chi connectivity index (χ4v) is 1.72. The van der Waals surface area contributed by atoms with Gasteiger partial charge in [-0.05, 0) is 12.8 Å². The molecule has 1 rings (SSSR count). The van der Waals surface area contributed by atoms with Gasteiger partial charge in [-0.2, -0.15) is 4.31 Å². The van der Waals surface area contributed by atoms with E-state index in [9.17, 15) is 13.2 Å². The molecule has 1 amide bonds. The maximum atomic E-state index is 11.5. The Labute approximate surface area is 84.7 Å². The summed E-state index contributed by atoms with van der Waals surface area (Å²) in [5, 5.41) is 0. The van der Waals surface area contributed by atoms with Gasteiger partial charge in [0.15, 0.2) is 0 Å². The third-order valence-corrected chi connectivity index (χ3v) is 3.64. The van der Waals surface area contributed by atoms with Gasteiger partial charge in [-0.1, -0.05) is 0 Å². The summed E-state index contributed by atoms with van der Waals surface area (Å²) >= 11 is 0. The average Bonchev–Trinajstić information content (AvgIpc) is 2.53. The molecule has 0 spiro atoms. The molecule has 1 aliphatic rings. The summed E-state index contributed by atoms with van der Waals surface area (Å²) in [5.74, 6) is -0.101. The fraction of sp³-hybridized carbons (Fsp3) is 0.875. The van der Waals surface area contributed by atoms with Gasteiger partial charge in [0.25, 0.3) is 0 Å². The molecule has 0 saturated carbocycles. The lowest BCUT2D eigenvalue weighted by Crippen LogP contribution is -2.39. The zero-order valence-corrected chi connectivity index (χ0v) is 9.38. The monoisotopic (exact) mass is 220 g/mol. The van der Waals surface area contributed by atoms with E-state index in [1.54, 1.807) is 4.90 Å². The number of hydrogen-bond acceptors (Lipinski definition) is 3. The van der Waals surface area contributed by atoms with Crippen molar-refractivity contribution in [3.05, 3.63) is 0 Å². The van der Waals surface area contributed by atoms with Crippen LogP contribution in [0.4, 0.5) is 0 Å². The highest BCUT2D eigenvalue weighted by Gasteiger charge is 2.22. The lowest BCUT2D eigenvalue weighted by molar-refractivity contribution is -0.130. The summed E-state index contributed by atoms with van der Waals surface area (Å²) in [5.41, 5.74) is 0. The molecule has 0 N–H and O–H groups in total. The minimum Gasteiger partial charge on any atom is -0.342 e. The van der Waals surface area contributed by atoms with Crippen molar-refractivity contribution >= 4 is 15.9 Å². The standard InChI is InChI=1S/C8H16N2O3S/c1-9(14(2,12)13)7-8(11)10-5-3-4-6-10/h3-7H2,1-2H3. The molecule has 0 aromatic carbocycles. The van der Waals surface area contributed by atoms with Crippen molar-refractivity contribution in [1.82, 2.24) is 9.21 Å². The minimum absolute atomic E-state index is 0.0428. The van der Waals surface area contributed by atoms with Gasteiger partial charge in [-0.15, -0.1) is 0 Å². The molecule has 0 aromatic heterocycles. The third kappa shape index (κ3) is 2.95. The number of carbonyl (C=O) groups excluding carboxylic acids is 1. The first kappa shape index (κ1) is 11.5. The van der Waals surface area contributed by atoms with Gasteiger partial charge in [0.2, 0.25) is 15.9 Å². The van der Waals surface area contributed by atoms with E-state index in [0.29, 0.717) is 0 Å². The van der Waals surface area contributed by atoms with Crippen molar-refractivity contribution in [3.63, 3.8) is 0 Å². The van der Waals surface area contributed by atoms with Crippen LogP contribution in [0.2, 0.25) is 0 Å². The van der Waals surface area contributed by atoms with Gasteiger partial charge in [-0.3, -0.25) is 4.79 Å². The van der Waals surface area contributed by atoms with Gasteiger partial charge in [-0.25, -0.2) is 8.42 Å². The summed E-state index contributed by atoms with van der Waals surface area (Å²) in [6, 6.07) is 0. The number of nitrogens with zero attached hydrogens (tertiary/aromatic N) is 2. The van der Waals surface area contributed by atoms with E-state index in [1.165, 1.54) is 7.05 Å². The third-order valence-electron chi connectivity index (χ3n) is 2.38. The summed E-state index contributed by atoms with van der Waals surface area (Å²) in [6.07, 6.45) is 3.15. The second kappa shape index (κ2) is 4.27. The van der Waals surface area contributed by atoms with Crippen LogP contribution in [0, 0.1) is 0 Å². The molecule has 1 heterocycles. The van der Waals surface area contributed by atoms with E-state index >= 15 is 0 Å². The molecule has 0 aliphatic carbocycles. The largest absolute Gasteiger partial charge is 0.342 e. The van der Waals surface area contributed by atoms with Crippen LogP contribution in [0.3, 0.4) is 0 Å². The van der Waals surface area contributed by atoms with Gasteiger partial charge in [0.05, 0.1) is 12.8 Å². The smallest absolute Gasteiger partial charge is 0.237 e. The summed E-state index contributed by atoms with van der Waals surface area (Å²) in [6.45, 7) is 1.48. The Balaban J connectivity index is 2.48. The van der Waals surface area contributed by atoms with Crippen molar-refractivity contribution in [2.24, 2.45) is 0 Å². The maximum Gasteiger partial charge on any atom is 0.237 e. The first-order valence-corrected chi connectivity index (χ1v) is 6.45. The van der Waals surface area contributed by atoms with E-state index in [1.807, 2.05) is 0 Å². The lowest BCUT2D eigenvalue weighted by Gasteiger charge is -2.19. The van der Waals surface area contributed by atoms with Gasteiger partial charge in [0.1, 0.15) is 0 Å². The summed E-state index contributed by atoms with van der Waals surface area (Å²) in [4.78, 5) is 13.2. The molecule has 0 atom stereocenters. The molecule has 0 aromatic rings. The van der Waals surface area contributed by atoms with Crippen LogP contribution in [0.1, 0.15) is 12.8 Å². The van der Waals surface area contributed by atoms with Crippen molar-refractivity contribution in [2.75, 3.05) is 32.9 Å². The highest BCUT2D eigenvalue weighted by Crippen LogP contribution is 2.08. The highest BCUT2D eigenvalue weighted by molar-refractivity contribution is 7.88. The quantitative estimate of drug-likeness (QED) is 0.644. The number of likely N-dealkylation sites (tertiary alicyclic amines) is 1. The predicted molar refractivity (Wildman–Crippen MR) is 53.3 cm³/mol. The Morgan fingerprint density at radius 1 is 1.36 bits per heavy atom. The molecule has 0 radical (unpaired) electrons. The van der Waals surface area contributed by atoms with Crippen LogP contribution in [-0.2, 0) is 14.8 Å². The van der Waals surface area contributed by atoms with E-state index in [4.69, 9.17) is 0 Å². The summed E-state index contributed by atoms with van der Waals surface area (Å²) in [7, 11) is -1.82. The Morgan fingerprint density at radius 2 is 1.86 bits per heavy atom. The van der Waals surface area contributed by atoms with E-state index < -0.39 is 10.0 Å². The van der Waals surface area contributed by atoms with Gasteiger partial charge in [0, 0.05) is 20.1 Å². The minimum atomic E-state index is -3.24. The first-order valence-electron chi connectivity index (χ1n) is 4.60. The van der Waals surface area contributed by atoms with Crippen LogP contribution in [-0.4, -0.2) is 56.5 Å². The number of sulfonamides is 1. The fourth-order valence-electron chi connectivity index (χ4n) is 1.37. The molecular weight excluding hydrogens is 204 g/mol. The predicted octanol–water partition coefficient (Wildman–Crippen LogP) is -0.500. The zero-order chi connectivity index (χ0) is 10.8. The van der Waals surface area contributed by atoms with Crippen LogP contribution in [0.5, 0.6) is 0 Å². The SMILES string of the molecule is CN(CC(=O)N1CCCC1)S(C)(=O)=O. The van der Waals surface area contributed by atoms with Crippen LogP contribution >= 0.6 is 0 Å². The molecule has 6 heteroatoms. The van der Waals surface area contributed by atoms with E-state index in [-0.39, 0.29) is 12.5 Å². The first-order chi connectivity index (χ1) is 6.41. The summed E-state index contributed by atoms with van der Waals surface area (Å²) < 4.78 is 23.2. The van der Waals surface area contributed by atoms with Gasteiger partial charge < -0.3 is 4.90 Å². The Kier molecular flexibility index (Phi) is 3.49. The number of rotatable bonds is 3. The maximum absolute atomic E-state index is 11.5. The highest BCUT2D eigenvalue weighted by atomic mass is 32.2. The second-order valence-electron chi connectivity index (χ2n) is 3.61. The molecule has 1 aliphatic heterocycles. The molecule has 0 unspecified atom stereocenters.